The summed E-state index contributed by atoms with van der Waals surface area (Å²) in [5.74, 6) is 1.46. The highest BCUT2D eigenvalue weighted by molar-refractivity contribution is 4.93. The van der Waals surface area contributed by atoms with Gasteiger partial charge >= 0.3 is 0 Å². The molecular weight excluding hydrogens is 238 g/mol. The molecule has 2 rings (SSSR count). The van der Waals surface area contributed by atoms with Gasteiger partial charge in [-0.05, 0) is 44.4 Å². The summed E-state index contributed by atoms with van der Waals surface area (Å²) in [5, 5.41) is 3.46. The first kappa shape index (κ1) is 15.0. The number of hydrogen-bond acceptors (Lipinski definition) is 3. The standard InChI is InChI=1S/C16H29NO2/c1-13-6-3-4-7-15(13)12-19-14(2)10-17-11-16-8-5-9-18-16/h3-4,13-17H,5-12H2,1-2H3. The normalized spacial score (nSPS) is 32.6. The van der Waals surface area contributed by atoms with Gasteiger partial charge in [0, 0.05) is 19.7 Å². The summed E-state index contributed by atoms with van der Waals surface area (Å²) < 4.78 is 11.6. The number of rotatable bonds is 7. The SMILES string of the molecule is CC(CNCC1CCCO1)OCC1CC=CCC1C. The van der Waals surface area contributed by atoms with Crippen LogP contribution in [-0.4, -0.2) is 38.5 Å². The summed E-state index contributed by atoms with van der Waals surface area (Å²) in [7, 11) is 0. The molecule has 0 bridgehead atoms. The minimum Gasteiger partial charge on any atom is -0.377 e. The molecule has 0 radical (unpaired) electrons. The van der Waals surface area contributed by atoms with Crippen LogP contribution in [0.5, 0.6) is 0 Å². The van der Waals surface area contributed by atoms with Crippen LogP contribution in [0.4, 0.5) is 0 Å². The van der Waals surface area contributed by atoms with Crippen molar-refractivity contribution in [2.24, 2.45) is 11.8 Å². The van der Waals surface area contributed by atoms with E-state index in [1.807, 2.05) is 0 Å². The van der Waals surface area contributed by atoms with Crippen LogP contribution in [0, 0.1) is 11.8 Å². The average molecular weight is 267 g/mol. The number of hydrogen-bond donors (Lipinski definition) is 1. The monoisotopic (exact) mass is 267 g/mol. The van der Waals surface area contributed by atoms with Crippen LogP contribution in [0.15, 0.2) is 12.2 Å². The molecule has 4 atom stereocenters. The fourth-order valence-corrected chi connectivity index (χ4v) is 2.84. The average Bonchev–Trinajstić information content (AvgIpc) is 2.91. The molecule has 0 aromatic heterocycles. The van der Waals surface area contributed by atoms with Crippen molar-refractivity contribution < 1.29 is 9.47 Å². The van der Waals surface area contributed by atoms with Crippen LogP contribution in [0.25, 0.3) is 0 Å². The van der Waals surface area contributed by atoms with E-state index in [9.17, 15) is 0 Å². The van der Waals surface area contributed by atoms with E-state index in [1.165, 1.54) is 25.7 Å². The lowest BCUT2D eigenvalue weighted by atomic mass is 9.85. The topological polar surface area (TPSA) is 30.5 Å². The minimum atomic E-state index is 0.291. The van der Waals surface area contributed by atoms with Crippen molar-refractivity contribution in [1.29, 1.82) is 0 Å². The van der Waals surface area contributed by atoms with Gasteiger partial charge in [-0.3, -0.25) is 0 Å². The maximum absolute atomic E-state index is 5.98. The lowest BCUT2D eigenvalue weighted by Crippen LogP contribution is -2.34. The molecule has 1 N–H and O–H groups in total. The third-order valence-corrected chi connectivity index (χ3v) is 4.34. The van der Waals surface area contributed by atoms with Crippen molar-refractivity contribution in [1.82, 2.24) is 5.32 Å². The van der Waals surface area contributed by atoms with E-state index in [0.717, 1.165) is 32.2 Å². The molecule has 1 heterocycles. The summed E-state index contributed by atoms with van der Waals surface area (Å²) in [6.45, 7) is 8.22. The fraction of sp³-hybridized carbons (Fsp3) is 0.875. The van der Waals surface area contributed by atoms with Crippen LogP contribution in [-0.2, 0) is 9.47 Å². The molecule has 0 aromatic rings. The molecule has 110 valence electrons. The first-order valence-corrected chi connectivity index (χ1v) is 7.84. The van der Waals surface area contributed by atoms with Gasteiger partial charge in [0.25, 0.3) is 0 Å². The number of nitrogens with one attached hydrogen (secondary N) is 1. The van der Waals surface area contributed by atoms with Crippen LogP contribution >= 0.6 is 0 Å². The Bertz CT molecular complexity index is 274. The zero-order valence-electron chi connectivity index (χ0n) is 12.4. The van der Waals surface area contributed by atoms with E-state index < -0.39 is 0 Å². The molecule has 0 spiro atoms. The van der Waals surface area contributed by atoms with E-state index in [-0.39, 0.29) is 0 Å². The molecule has 3 nitrogen and oxygen atoms in total. The van der Waals surface area contributed by atoms with Gasteiger partial charge in [-0.2, -0.15) is 0 Å². The maximum atomic E-state index is 5.98. The predicted octanol–water partition coefficient (Wildman–Crippen LogP) is 2.76. The molecular formula is C16H29NO2. The van der Waals surface area contributed by atoms with Crippen molar-refractivity contribution in [3.05, 3.63) is 12.2 Å². The third-order valence-electron chi connectivity index (χ3n) is 4.34. The number of ether oxygens (including phenoxy) is 2. The highest BCUT2D eigenvalue weighted by Gasteiger charge is 2.19. The van der Waals surface area contributed by atoms with Crippen molar-refractivity contribution in [2.45, 2.75) is 51.7 Å². The Labute approximate surface area is 117 Å². The van der Waals surface area contributed by atoms with E-state index >= 15 is 0 Å². The quantitative estimate of drug-likeness (QED) is 0.720. The van der Waals surface area contributed by atoms with Crippen LogP contribution in [0.3, 0.4) is 0 Å². The Morgan fingerprint density at radius 3 is 2.95 bits per heavy atom. The predicted molar refractivity (Wildman–Crippen MR) is 78.3 cm³/mol. The van der Waals surface area contributed by atoms with Gasteiger partial charge in [-0.1, -0.05) is 19.1 Å². The molecule has 1 fully saturated rings. The van der Waals surface area contributed by atoms with Gasteiger partial charge < -0.3 is 14.8 Å². The Kier molecular flexibility index (Phi) is 6.35. The smallest absolute Gasteiger partial charge is 0.0700 e. The highest BCUT2D eigenvalue weighted by atomic mass is 16.5. The first-order valence-electron chi connectivity index (χ1n) is 7.84. The second kappa shape index (κ2) is 8.03. The van der Waals surface area contributed by atoms with Gasteiger partial charge in [-0.15, -0.1) is 0 Å². The van der Waals surface area contributed by atoms with E-state index in [1.54, 1.807) is 0 Å². The molecule has 1 saturated heterocycles. The fourth-order valence-electron chi connectivity index (χ4n) is 2.84. The molecule has 0 aromatic carbocycles. The van der Waals surface area contributed by atoms with Crippen molar-refractivity contribution in [2.75, 3.05) is 26.3 Å². The largest absolute Gasteiger partial charge is 0.377 e. The Morgan fingerprint density at radius 2 is 2.21 bits per heavy atom. The van der Waals surface area contributed by atoms with Crippen molar-refractivity contribution >= 4 is 0 Å². The second-order valence-corrected chi connectivity index (χ2v) is 6.12. The summed E-state index contributed by atoms with van der Waals surface area (Å²) in [4.78, 5) is 0. The molecule has 3 heteroatoms. The summed E-state index contributed by atoms with van der Waals surface area (Å²) in [6.07, 6.45) is 10.1. The zero-order chi connectivity index (χ0) is 13.5. The van der Waals surface area contributed by atoms with E-state index in [0.29, 0.717) is 18.1 Å². The van der Waals surface area contributed by atoms with Gasteiger partial charge in [-0.25, -0.2) is 0 Å². The Hall–Kier alpha value is -0.380. The first-order chi connectivity index (χ1) is 9.25. The molecule has 19 heavy (non-hydrogen) atoms. The summed E-state index contributed by atoms with van der Waals surface area (Å²) in [6, 6.07) is 0. The Balaban J connectivity index is 1.53. The van der Waals surface area contributed by atoms with Crippen molar-refractivity contribution in [3.63, 3.8) is 0 Å². The zero-order valence-corrected chi connectivity index (χ0v) is 12.4. The van der Waals surface area contributed by atoms with Gasteiger partial charge in [0.1, 0.15) is 0 Å². The van der Waals surface area contributed by atoms with Gasteiger partial charge in [0.2, 0.25) is 0 Å². The second-order valence-electron chi connectivity index (χ2n) is 6.12. The lowest BCUT2D eigenvalue weighted by Gasteiger charge is -2.26. The number of allylic oxidation sites excluding steroid dienone is 2. The lowest BCUT2D eigenvalue weighted by molar-refractivity contribution is 0.0246. The minimum absolute atomic E-state index is 0.291. The molecule has 1 aliphatic heterocycles. The molecule has 0 saturated carbocycles. The summed E-state index contributed by atoms with van der Waals surface area (Å²) >= 11 is 0. The molecule has 2 aliphatic rings. The molecule has 0 amide bonds. The maximum Gasteiger partial charge on any atom is 0.0700 e. The Morgan fingerprint density at radius 1 is 1.37 bits per heavy atom. The molecule has 1 aliphatic carbocycles. The highest BCUT2D eigenvalue weighted by Crippen LogP contribution is 2.25. The van der Waals surface area contributed by atoms with Gasteiger partial charge in [0.05, 0.1) is 18.8 Å². The van der Waals surface area contributed by atoms with Crippen LogP contribution in [0.1, 0.15) is 39.5 Å². The van der Waals surface area contributed by atoms with Crippen LogP contribution < -0.4 is 5.32 Å². The third kappa shape index (κ3) is 5.25. The van der Waals surface area contributed by atoms with Crippen LogP contribution in [0.2, 0.25) is 0 Å². The van der Waals surface area contributed by atoms with Gasteiger partial charge in [0.15, 0.2) is 0 Å². The van der Waals surface area contributed by atoms with E-state index in [4.69, 9.17) is 9.47 Å². The summed E-state index contributed by atoms with van der Waals surface area (Å²) in [5.41, 5.74) is 0. The van der Waals surface area contributed by atoms with Crippen molar-refractivity contribution in [3.8, 4) is 0 Å². The van der Waals surface area contributed by atoms with E-state index in [2.05, 4.69) is 31.3 Å². The molecule has 4 unspecified atom stereocenters.